The number of aliphatic hydroxyl groups excluding tert-OH is 1. The van der Waals surface area contributed by atoms with Gasteiger partial charge in [-0.3, -0.25) is 14.5 Å². The highest BCUT2D eigenvalue weighted by Crippen LogP contribution is 2.63. The van der Waals surface area contributed by atoms with Crippen LogP contribution in [0.15, 0.2) is 24.3 Å². The molecule has 2 aliphatic rings. The van der Waals surface area contributed by atoms with Crippen LogP contribution in [-0.4, -0.2) is 16.9 Å². The second kappa shape index (κ2) is 3.42. The van der Waals surface area contributed by atoms with E-state index in [0.29, 0.717) is 11.3 Å². The number of hydrogen-bond acceptors (Lipinski definition) is 3. The van der Waals surface area contributed by atoms with Crippen molar-refractivity contribution < 1.29 is 14.7 Å². The molecule has 0 spiro atoms. The molecule has 1 saturated carbocycles. The lowest BCUT2D eigenvalue weighted by molar-refractivity contribution is -0.125. The van der Waals surface area contributed by atoms with Gasteiger partial charge in [0.15, 0.2) is 0 Å². The SMILES string of the molecule is CC1(C)C2C(=O)N(c3cccc(CO)c3)C(=O)C21. The van der Waals surface area contributed by atoms with Crippen LogP contribution in [0.4, 0.5) is 5.69 Å². The summed E-state index contributed by atoms with van der Waals surface area (Å²) in [6.07, 6.45) is 0. The zero-order chi connectivity index (χ0) is 13.1. The number of aliphatic hydroxyl groups is 1. The summed E-state index contributed by atoms with van der Waals surface area (Å²) >= 11 is 0. The van der Waals surface area contributed by atoms with Crippen molar-refractivity contribution in [3.8, 4) is 0 Å². The Hall–Kier alpha value is -1.68. The number of piperidine rings is 1. The van der Waals surface area contributed by atoms with E-state index in [0.717, 1.165) is 0 Å². The first-order valence-electron chi connectivity index (χ1n) is 6.06. The maximum Gasteiger partial charge on any atom is 0.238 e. The lowest BCUT2D eigenvalue weighted by Crippen LogP contribution is -2.36. The topological polar surface area (TPSA) is 57.6 Å². The van der Waals surface area contributed by atoms with E-state index in [9.17, 15) is 9.59 Å². The number of carbonyl (C=O) groups excluding carboxylic acids is 2. The molecule has 1 heterocycles. The van der Waals surface area contributed by atoms with E-state index in [1.54, 1.807) is 24.3 Å². The largest absolute Gasteiger partial charge is 0.392 e. The quantitative estimate of drug-likeness (QED) is 0.799. The van der Waals surface area contributed by atoms with E-state index in [4.69, 9.17) is 5.11 Å². The minimum Gasteiger partial charge on any atom is -0.392 e. The zero-order valence-corrected chi connectivity index (χ0v) is 10.4. The third kappa shape index (κ3) is 1.29. The summed E-state index contributed by atoms with van der Waals surface area (Å²) in [7, 11) is 0. The molecule has 0 aromatic heterocycles. The van der Waals surface area contributed by atoms with Gasteiger partial charge in [-0.25, -0.2) is 0 Å². The lowest BCUT2D eigenvalue weighted by Gasteiger charge is -2.20. The maximum atomic E-state index is 12.2. The Bertz CT molecular complexity index is 526. The van der Waals surface area contributed by atoms with Crippen molar-refractivity contribution in [1.29, 1.82) is 0 Å². The molecule has 1 aliphatic heterocycles. The first kappa shape index (κ1) is 11.4. The van der Waals surface area contributed by atoms with Crippen LogP contribution >= 0.6 is 0 Å². The minimum atomic E-state index is -0.181. The van der Waals surface area contributed by atoms with E-state index in [1.807, 2.05) is 13.8 Å². The third-order valence-electron chi connectivity index (χ3n) is 4.15. The summed E-state index contributed by atoms with van der Waals surface area (Å²) < 4.78 is 0. The normalized spacial score (nSPS) is 28.5. The van der Waals surface area contributed by atoms with Gasteiger partial charge in [-0.05, 0) is 23.1 Å². The predicted molar refractivity (Wildman–Crippen MR) is 65.6 cm³/mol. The second-order valence-corrected chi connectivity index (χ2v) is 5.62. The average molecular weight is 245 g/mol. The molecule has 1 aromatic rings. The van der Waals surface area contributed by atoms with E-state index in [1.165, 1.54) is 4.90 Å². The molecule has 1 aliphatic carbocycles. The van der Waals surface area contributed by atoms with Gasteiger partial charge in [-0.1, -0.05) is 26.0 Å². The van der Waals surface area contributed by atoms with Gasteiger partial charge in [-0.15, -0.1) is 0 Å². The fraction of sp³-hybridized carbons (Fsp3) is 0.429. The Morgan fingerprint density at radius 3 is 2.39 bits per heavy atom. The van der Waals surface area contributed by atoms with Crippen LogP contribution < -0.4 is 4.90 Å². The number of amides is 2. The molecule has 1 aromatic carbocycles. The van der Waals surface area contributed by atoms with Crippen LogP contribution in [0.2, 0.25) is 0 Å². The van der Waals surface area contributed by atoms with Gasteiger partial charge < -0.3 is 5.11 Å². The standard InChI is InChI=1S/C14H15NO3/c1-14(2)10-11(14)13(18)15(12(10)17)9-5-3-4-8(6-9)7-16/h3-6,10-11,16H,7H2,1-2H3. The predicted octanol–water partition coefficient (Wildman–Crippen LogP) is 1.32. The molecule has 2 unspecified atom stereocenters. The molecule has 1 N–H and O–H groups in total. The molecule has 3 rings (SSSR count). The number of imide groups is 1. The van der Waals surface area contributed by atoms with Crippen molar-refractivity contribution in [2.75, 3.05) is 4.90 Å². The number of carbonyl (C=O) groups is 2. The number of hydrogen-bond donors (Lipinski definition) is 1. The Balaban J connectivity index is 1.95. The van der Waals surface area contributed by atoms with E-state index in [-0.39, 0.29) is 35.7 Å². The second-order valence-electron chi connectivity index (χ2n) is 5.62. The number of benzene rings is 1. The number of nitrogens with zero attached hydrogens (tertiary/aromatic N) is 1. The van der Waals surface area contributed by atoms with Crippen molar-refractivity contribution in [1.82, 2.24) is 0 Å². The molecule has 94 valence electrons. The van der Waals surface area contributed by atoms with Crippen molar-refractivity contribution in [2.45, 2.75) is 20.5 Å². The smallest absolute Gasteiger partial charge is 0.238 e. The highest BCUT2D eigenvalue weighted by Gasteiger charge is 2.72. The van der Waals surface area contributed by atoms with Gasteiger partial charge in [0.25, 0.3) is 0 Å². The fourth-order valence-electron chi connectivity index (χ4n) is 2.99. The fourth-order valence-corrected chi connectivity index (χ4v) is 2.99. The van der Waals surface area contributed by atoms with Gasteiger partial charge in [-0.2, -0.15) is 0 Å². The molecule has 4 heteroatoms. The molecular formula is C14H15NO3. The highest BCUT2D eigenvalue weighted by molar-refractivity contribution is 6.25. The summed E-state index contributed by atoms with van der Waals surface area (Å²) in [5.41, 5.74) is 1.09. The molecule has 2 atom stereocenters. The van der Waals surface area contributed by atoms with Crippen molar-refractivity contribution in [3.05, 3.63) is 29.8 Å². The minimum absolute atomic E-state index is 0.0948. The van der Waals surface area contributed by atoms with Crippen LogP contribution in [0.1, 0.15) is 19.4 Å². The zero-order valence-electron chi connectivity index (χ0n) is 10.4. The van der Waals surface area contributed by atoms with Gasteiger partial charge in [0.1, 0.15) is 0 Å². The molecule has 18 heavy (non-hydrogen) atoms. The Morgan fingerprint density at radius 1 is 1.22 bits per heavy atom. The average Bonchev–Trinajstić information content (AvgIpc) is 2.79. The Kier molecular flexibility index (Phi) is 2.17. The van der Waals surface area contributed by atoms with Crippen LogP contribution in [-0.2, 0) is 16.2 Å². The summed E-state index contributed by atoms with van der Waals surface area (Å²) in [4.78, 5) is 25.7. The Morgan fingerprint density at radius 2 is 1.83 bits per heavy atom. The molecule has 2 fully saturated rings. The maximum absolute atomic E-state index is 12.2. The molecule has 0 radical (unpaired) electrons. The summed E-state index contributed by atoms with van der Waals surface area (Å²) in [5.74, 6) is -0.541. The molecule has 0 bridgehead atoms. The number of rotatable bonds is 2. The Labute approximate surface area is 105 Å². The number of fused-ring (bicyclic) bond motifs is 1. The van der Waals surface area contributed by atoms with E-state index < -0.39 is 0 Å². The molecule has 1 saturated heterocycles. The van der Waals surface area contributed by atoms with Crippen molar-refractivity contribution >= 4 is 17.5 Å². The molecule has 4 nitrogen and oxygen atoms in total. The first-order chi connectivity index (χ1) is 8.48. The summed E-state index contributed by atoms with van der Waals surface area (Å²) in [5, 5.41) is 9.09. The third-order valence-corrected chi connectivity index (χ3v) is 4.15. The van der Waals surface area contributed by atoms with Crippen molar-refractivity contribution in [3.63, 3.8) is 0 Å². The summed E-state index contributed by atoms with van der Waals surface area (Å²) in [6, 6.07) is 6.93. The first-order valence-corrected chi connectivity index (χ1v) is 6.06. The summed E-state index contributed by atoms with van der Waals surface area (Å²) in [6.45, 7) is 3.82. The number of anilines is 1. The molecule has 2 amide bonds. The molecular weight excluding hydrogens is 230 g/mol. The van der Waals surface area contributed by atoms with Gasteiger partial charge in [0.2, 0.25) is 11.8 Å². The monoisotopic (exact) mass is 245 g/mol. The van der Waals surface area contributed by atoms with Gasteiger partial charge in [0.05, 0.1) is 24.1 Å². The van der Waals surface area contributed by atoms with Crippen molar-refractivity contribution in [2.24, 2.45) is 17.3 Å². The van der Waals surface area contributed by atoms with E-state index >= 15 is 0 Å². The van der Waals surface area contributed by atoms with Crippen LogP contribution in [0.5, 0.6) is 0 Å². The van der Waals surface area contributed by atoms with Crippen LogP contribution in [0.3, 0.4) is 0 Å². The van der Waals surface area contributed by atoms with E-state index in [2.05, 4.69) is 0 Å². The van der Waals surface area contributed by atoms with Crippen LogP contribution in [0.25, 0.3) is 0 Å². The lowest BCUT2D eigenvalue weighted by atomic mass is 10.0. The van der Waals surface area contributed by atoms with Gasteiger partial charge >= 0.3 is 0 Å². The van der Waals surface area contributed by atoms with Crippen LogP contribution in [0, 0.1) is 17.3 Å². The van der Waals surface area contributed by atoms with Gasteiger partial charge in [0, 0.05) is 0 Å². The highest BCUT2D eigenvalue weighted by atomic mass is 16.3.